The maximum absolute atomic E-state index is 13.0. The van der Waals surface area contributed by atoms with E-state index in [-0.39, 0.29) is 19.1 Å². The Bertz CT molecular complexity index is 1520. The average Bonchev–Trinajstić information content (AvgIpc) is 3.42. The van der Waals surface area contributed by atoms with Gasteiger partial charge in [0.25, 0.3) is 0 Å². The summed E-state index contributed by atoms with van der Waals surface area (Å²) in [6.07, 6.45) is 84.6. The average molecular weight is 1130 g/mol. The number of hydrogen-bond donors (Lipinski definition) is 3. The molecule has 0 fully saturated rings. The lowest BCUT2D eigenvalue weighted by molar-refractivity contribution is -0.870. The summed E-state index contributed by atoms with van der Waals surface area (Å²) in [7, 11) is 1.57. The van der Waals surface area contributed by atoms with Crippen LogP contribution in [0.3, 0.4) is 0 Å². The van der Waals surface area contributed by atoms with Crippen molar-refractivity contribution >= 4 is 13.7 Å². The number of aliphatic hydroxyl groups excluding tert-OH is 1. The molecule has 3 unspecified atom stereocenters. The second-order valence-corrected chi connectivity index (χ2v) is 25.6. The number of aliphatic hydroxyl groups is 1. The van der Waals surface area contributed by atoms with Gasteiger partial charge in [0.2, 0.25) is 5.91 Å². The highest BCUT2D eigenvalue weighted by Crippen LogP contribution is 2.43. The fraction of sp³-hybridized carbons (Fsp3) is 0.814. The highest BCUT2D eigenvalue weighted by atomic mass is 31.2. The first kappa shape index (κ1) is 76.9. The van der Waals surface area contributed by atoms with E-state index >= 15 is 0 Å². The lowest BCUT2D eigenvalue weighted by atomic mass is 10.0. The minimum absolute atomic E-state index is 0.0589. The molecule has 1 amide bonds. The summed E-state index contributed by atoms with van der Waals surface area (Å²) in [5.74, 6) is -0.179. The van der Waals surface area contributed by atoms with Crippen molar-refractivity contribution in [2.75, 3.05) is 40.9 Å². The molecule has 3 N–H and O–H groups in total. The Morgan fingerprint density at radius 3 is 1.11 bits per heavy atom. The summed E-state index contributed by atoms with van der Waals surface area (Å²) in [5.41, 5.74) is 0. The molecule has 0 aromatic carbocycles. The van der Waals surface area contributed by atoms with Gasteiger partial charge in [-0.1, -0.05) is 318 Å². The van der Waals surface area contributed by atoms with Crippen LogP contribution in [-0.4, -0.2) is 73.4 Å². The first-order valence-electron chi connectivity index (χ1n) is 33.8. The number of likely N-dealkylation sites (N-methyl/N-ethyl adjacent to an activating group) is 1. The van der Waals surface area contributed by atoms with Gasteiger partial charge in [0.15, 0.2) is 0 Å². The number of rotatable bonds is 62. The topological polar surface area (TPSA) is 105 Å². The SMILES string of the molecule is CC/C=C\C/C=C\C/C=C\C/C=C\C/C=C\CCCCCCCCCCCCCC(=O)NC(COP(=O)(O)OCC[N+](C)(C)C)C(O)/C=C/CCCCCCCCCCCCCCCCCCCCCCCCCCCCCC. The Kier molecular flexibility index (Phi) is 59.0. The van der Waals surface area contributed by atoms with E-state index in [4.69, 9.17) is 9.05 Å². The molecule has 0 rings (SSSR count). The summed E-state index contributed by atoms with van der Waals surface area (Å²) in [6.45, 7) is 4.74. The summed E-state index contributed by atoms with van der Waals surface area (Å²) >= 11 is 0. The van der Waals surface area contributed by atoms with E-state index < -0.39 is 20.0 Å². The normalized spacial score (nSPS) is 14.2. The summed E-state index contributed by atoms with van der Waals surface area (Å²) < 4.78 is 23.8. The molecule has 0 radical (unpaired) electrons. The zero-order valence-corrected chi connectivity index (χ0v) is 53.8. The van der Waals surface area contributed by atoms with Gasteiger partial charge in [-0.05, 0) is 64.2 Å². The number of hydrogen-bond acceptors (Lipinski definition) is 5. The van der Waals surface area contributed by atoms with Crippen LogP contribution in [0.15, 0.2) is 72.9 Å². The predicted molar refractivity (Wildman–Crippen MR) is 346 cm³/mol. The Morgan fingerprint density at radius 2 is 0.759 bits per heavy atom. The van der Waals surface area contributed by atoms with Crippen LogP contribution in [0.4, 0.5) is 0 Å². The third-order valence-electron chi connectivity index (χ3n) is 15.2. The van der Waals surface area contributed by atoms with E-state index in [9.17, 15) is 19.4 Å². The van der Waals surface area contributed by atoms with Crippen molar-refractivity contribution in [2.45, 2.75) is 328 Å². The number of unbranched alkanes of at least 4 members (excludes halogenated alkanes) is 39. The zero-order chi connectivity index (χ0) is 57.7. The Morgan fingerprint density at radius 1 is 0.443 bits per heavy atom. The van der Waals surface area contributed by atoms with Gasteiger partial charge in [-0.25, -0.2) is 4.57 Å². The van der Waals surface area contributed by atoms with Crippen molar-refractivity contribution in [3.63, 3.8) is 0 Å². The van der Waals surface area contributed by atoms with Gasteiger partial charge < -0.3 is 19.8 Å². The number of phosphoric ester groups is 1. The summed E-state index contributed by atoms with van der Waals surface area (Å²) in [4.78, 5) is 23.4. The molecule has 9 heteroatoms. The van der Waals surface area contributed by atoms with Gasteiger partial charge in [-0.15, -0.1) is 0 Å². The van der Waals surface area contributed by atoms with E-state index in [0.717, 1.165) is 70.6 Å². The molecule has 0 saturated heterocycles. The summed E-state index contributed by atoms with van der Waals surface area (Å²) in [6, 6.07) is -0.854. The number of carbonyl (C=O) groups excluding carboxylic acids is 1. The highest BCUT2D eigenvalue weighted by Gasteiger charge is 2.28. The Labute approximate surface area is 491 Å². The number of amides is 1. The van der Waals surface area contributed by atoms with Crippen LogP contribution >= 0.6 is 7.82 Å². The molecule has 0 bridgehead atoms. The number of allylic oxidation sites excluding steroid dienone is 11. The lowest BCUT2D eigenvalue weighted by Crippen LogP contribution is -2.45. The van der Waals surface area contributed by atoms with Crippen LogP contribution in [0.1, 0.15) is 316 Å². The molecule has 0 aliphatic carbocycles. The van der Waals surface area contributed by atoms with Gasteiger partial charge in [0.05, 0.1) is 39.9 Å². The van der Waals surface area contributed by atoms with E-state index in [2.05, 4.69) is 79.9 Å². The van der Waals surface area contributed by atoms with Crippen molar-refractivity contribution in [1.29, 1.82) is 0 Å². The lowest BCUT2D eigenvalue weighted by Gasteiger charge is -2.25. The van der Waals surface area contributed by atoms with Crippen LogP contribution in [0.5, 0.6) is 0 Å². The highest BCUT2D eigenvalue weighted by molar-refractivity contribution is 7.47. The maximum Gasteiger partial charge on any atom is 0.472 e. The first-order chi connectivity index (χ1) is 38.5. The number of quaternary nitrogens is 1. The molecular weight excluding hydrogens is 996 g/mol. The zero-order valence-electron chi connectivity index (χ0n) is 52.9. The van der Waals surface area contributed by atoms with Gasteiger partial charge in [-0.2, -0.15) is 0 Å². The van der Waals surface area contributed by atoms with Gasteiger partial charge in [0.1, 0.15) is 13.2 Å². The number of carbonyl (C=O) groups is 1. The molecule has 0 saturated carbocycles. The Hall–Kier alpha value is -2.06. The first-order valence-corrected chi connectivity index (χ1v) is 35.3. The molecule has 0 aromatic heterocycles. The molecule has 0 aliphatic heterocycles. The molecule has 0 aromatic rings. The molecule has 79 heavy (non-hydrogen) atoms. The molecule has 0 aliphatic rings. The van der Waals surface area contributed by atoms with Crippen molar-refractivity contribution < 1.29 is 32.9 Å². The molecule has 462 valence electrons. The molecular formula is C70H132N2O6P+. The monoisotopic (exact) mass is 1130 g/mol. The van der Waals surface area contributed by atoms with Crippen LogP contribution in [0.2, 0.25) is 0 Å². The van der Waals surface area contributed by atoms with Crippen molar-refractivity contribution in [3.8, 4) is 0 Å². The van der Waals surface area contributed by atoms with Gasteiger partial charge in [-0.3, -0.25) is 13.8 Å². The van der Waals surface area contributed by atoms with E-state index in [1.54, 1.807) is 6.08 Å². The molecule has 8 nitrogen and oxygen atoms in total. The third-order valence-corrected chi connectivity index (χ3v) is 16.2. The van der Waals surface area contributed by atoms with E-state index in [1.807, 2.05) is 27.2 Å². The van der Waals surface area contributed by atoms with Crippen molar-refractivity contribution in [3.05, 3.63) is 72.9 Å². The summed E-state index contributed by atoms with van der Waals surface area (Å²) in [5, 5.41) is 14.0. The minimum Gasteiger partial charge on any atom is -0.387 e. The minimum atomic E-state index is -4.36. The van der Waals surface area contributed by atoms with Gasteiger partial charge in [0, 0.05) is 6.42 Å². The smallest absolute Gasteiger partial charge is 0.387 e. The second kappa shape index (κ2) is 60.5. The van der Waals surface area contributed by atoms with Crippen LogP contribution < -0.4 is 5.32 Å². The van der Waals surface area contributed by atoms with E-state index in [0.29, 0.717) is 17.4 Å². The Balaban J connectivity index is 4.11. The van der Waals surface area contributed by atoms with Crippen molar-refractivity contribution in [2.24, 2.45) is 0 Å². The predicted octanol–water partition coefficient (Wildman–Crippen LogP) is 21.4. The third kappa shape index (κ3) is 63.4. The van der Waals surface area contributed by atoms with E-state index in [1.165, 1.54) is 225 Å². The molecule has 3 atom stereocenters. The van der Waals surface area contributed by atoms with Crippen LogP contribution in [-0.2, 0) is 18.4 Å². The standard InChI is InChI=1S/C70H131N2O6P/c1-6-8-10-12-14-16-18-20-22-24-26-28-30-32-34-35-36-38-39-41-43-45-47-49-51-53-55-57-59-61-63-69(73)68(67-78-79(75,76)77-66-65-72(3,4)5)71-70(74)64-62-60-58-56-54-52-50-48-46-44-42-40-37-33-31-29-27-25-23-21-19-17-15-13-11-9-7-2/h9,11,15,17,21,23,27,29,33,37,61,63,68-69,73H,6-8,10,12-14,16,18-20,22,24-26,28,30-32,34-36,38-60,62,64-67H2,1-5H3,(H-,71,74,75,76)/p+1/b11-9-,17-15-,23-21-,29-27-,37-33-,63-61+. The van der Waals surface area contributed by atoms with Crippen LogP contribution in [0, 0.1) is 0 Å². The quantitative estimate of drug-likeness (QED) is 0.0243. The fourth-order valence-electron chi connectivity index (χ4n) is 9.96. The van der Waals surface area contributed by atoms with Crippen molar-refractivity contribution in [1.82, 2.24) is 5.32 Å². The molecule has 0 heterocycles. The van der Waals surface area contributed by atoms with Crippen LogP contribution in [0.25, 0.3) is 0 Å². The number of nitrogens with zero attached hydrogens (tertiary/aromatic N) is 1. The maximum atomic E-state index is 13.0. The number of nitrogens with one attached hydrogen (secondary N) is 1. The largest absolute Gasteiger partial charge is 0.472 e. The number of phosphoric acid groups is 1. The van der Waals surface area contributed by atoms with Gasteiger partial charge >= 0.3 is 7.82 Å². The second-order valence-electron chi connectivity index (χ2n) is 24.2. The molecule has 0 spiro atoms. The fourth-order valence-corrected chi connectivity index (χ4v) is 10.7.